The predicted molar refractivity (Wildman–Crippen MR) is 77.1 cm³/mol. The van der Waals surface area contributed by atoms with Gasteiger partial charge in [0.2, 0.25) is 0 Å². The number of amides is 1. The molecule has 1 unspecified atom stereocenters. The standard InChI is InChI=1S/C15H20FN3O2/c1-2-13(18)9-11-8-12(16)4-5-14(11)21-10-15(20)19-7-3-6-17/h4-5,8,13H,2-3,7,9-10,18H2,1H3,(H,19,20). The highest BCUT2D eigenvalue weighted by Gasteiger charge is 2.11. The number of carbonyl (C=O) groups excluding carboxylic acids is 1. The molecule has 6 heteroatoms. The molecule has 1 aromatic rings. The Morgan fingerprint density at radius 1 is 1.57 bits per heavy atom. The summed E-state index contributed by atoms with van der Waals surface area (Å²) in [5.74, 6) is -0.227. The molecule has 0 heterocycles. The van der Waals surface area contributed by atoms with Gasteiger partial charge in [0, 0.05) is 12.6 Å². The van der Waals surface area contributed by atoms with E-state index >= 15 is 0 Å². The highest BCUT2D eigenvalue weighted by atomic mass is 19.1. The summed E-state index contributed by atoms with van der Waals surface area (Å²) in [5, 5.41) is 10.9. The van der Waals surface area contributed by atoms with E-state index in [1.54, 1.807) is 0 Å². The molecule has 0 saturated carbocycles. The average molecular weight is 293 g/mol. The molecule has 0 saturated heterocycles. The molecule has 1 amide bonds. The zero-order valence-electron chi connectivity index (χ0n) is 12.1. The van der Waals surface area contributed by atoms with Gasteiger partial charge in [-0.1, -0.05) is 6.92 Å². The molecule has 0 radical (unpaired) electrons. The minimum absolute atomic E-state index is 0.0846. The number of carbonyl (C=O) groups is 1. The van der Waals surface area contributed by atoms with Crippen LogP contribution in [0.3, 0.4) is 0 Å². The summed E-state index contributed by atoms with van der Waals surface area (Å²) in [5.41, 5.74) is 6.52. The predicted octanol–water partition coefficient (Wildman–Crippen LogP) is 1.51. The van der Waals surface area contributed by atoms with Crippen LogP contribution in [-0.4, -0.2) is 25.1 Å². The van der Waals surface area contributed by atoms with E-state index in [0.717, 1.165) is 6.42 Å². The number of ether oxygens (including phenoxy) is 1. The zero-order chi connectivity index (χ0) is 15.7. The van der Waals surface area contributed by atoms with Crippen molar-refractivity contribution in [3.05, 3.63) is 29.6 Å². The van der Waals surface area contributed by atoms with Crippen LogP contribution < -0.4 is 15.8 Å². The van der Waals surface area contributed by atoms with E-state index in [-0.39, 0.29) is 37.3 Å². The summed E-state index contributed by atoms with van der Waals surface area (Å²) < 4.78 is 18.7. The first-order chi connectivity index (χ1) is 10.1. The highest BCUT2D eigenvalue weighted by molar-refractivity contribution is 5.77. The van der Waals surface area contributed by atoms with Crippen molar-refractivity contribution in [2.45, 2.75) is 32.2 Å². The number of nitrogens with zero attached hydrogens (tertiary/aromatic N) is 1. The fourth-order valence-electron chi connectivity index (χ4n) is 1.73. The largest absolute Gasteiger partial charge is 0.483 e. The summed E-state index contributed by atoms with van der Waals surface area (Å²) in [6.45, 7) is 2.06. The first kappa shape index (κ1) is 16.9. The number of hydrogen-bond acceptors (Lipinski definition) is 4. The molecule has 0 spiro atoms. The Bertz CT molecular complexity index is 514. The first-order valence-corrected chi connectivity index (χ1v) is 6.87. The Kier molecular flexibility index (Phi) is 7.19. The highest BCUT2D eigenvalue weighted by Crippen LogP contribution is 2.21. The number of nitriles is 1. The van der Waals surface area contributed by atoms with Crippen molar-refractivity contribution in [3.8, 4) is 11.8 Å². The molecule has 0 bridgehead atoms. The molecule has 5 nitrogen and oxygen atoms in total. The number of nitrogens with two attached hydrogens (primary N) is 1. The van der Waals surface area contributed by atoms with Crippen LogP contribution in [0.1, 0.15) is 25.3 Å². The number of benzene rings is 1. The van der Waals surface area contributed by atoms with Gasteiger partial charge in [-0.3, -0.25) is 4.79 Å². The number of nitrogens with one attached hydrogen (secondary N) is 1. The van der Waals surface area contributed by atoms with Gasteiger partial charge < -0.3 is 15.8 Å². The third-order valence-corrected chi connectivity index (χ3v) is 2.95. The number of hydrogen-bond donors (Lipinski definition) is 2. The van der Waals surface area contributed by atoms with Crippen molar-refractivity contribution in [1.29, 1.82) is 5.26 Å². The Labute approximate surface area is 123 Å². The molecule has 0 aliphatic carbocycles. The van der Waals surface area contributed by atoms with E-state index in [9.17, 15) is 9.18 Å². The lowest BCUT2D eigenvalue weighted by atomic mass is 10.0. The van der Waals surface area contributed by atoms with E-state index in [0.29, 0.717) is 17.7 Å². The molecular weight excluding hydrogens is 273 g/mol. The van der Waals surface area contributed by atoms with Gasteiger partial charge in [0.25, 0.3) is 5.91 Å². The fourth-order valence-corrected chi connectivity index (χ4v) is 1.73. The Hall–Kier alpha value is -2.13. The zero-order valence-corrected chi connectivity index (χ0v) is 12.1. The van der Waals surface area contributed by atoms with Gasteiger partial charge >= 0.3 is 0 Å². The summed E-state index contributed by atoms with van der Waals surface area (Å²) >= 11 is 0. The van der Waals surface area contributed by atoms with Crippen molar-refractivity contribution in [3.63, 3.8) is 0 Å². The van der Waals surface area contributed by atoms with Crippen LogP contribution in [-0.2, 0) is 11.2 Å². The number of halogens is 1. The van der Waals surface area contributed by atoms with Gasteiger partial charge in [0.05, 0.1) is 12.5 Å². The van der Waals surface area contributed by atoms with Crippen LogP contribution in [0, 0.1) is 17.1 Å². The molecule has 1 atom stereocenters. The summed E-state index contributed by atoms with van der Waals surface area (Å²) in [6, 6.07) is 6.00. The molecule has 1 aromatic carbocycles. The molecule has 1 rings (SSSR count). The lowest BCUT2D eigenvalue weighted by molar-refractivity contribution is -0.123. The smallest absolute Gasteiger partial charge is 0.257 e. The maximum atomic E-state index is 13.3. The normalized spacial score (nSPS) is 11.5. The van der Waals surface area contributed by atoms with Gasteiger partial charge in [-0.2, -0.15) is 5.26 Å². The topological polar surface area (TPSA) is 88.1 Å². The third-order valence-electron chi connectivity index (χ3n) is 2.95. The van der Waals surface area contributed by atoms with Gasteiger partial charge in [-0.25, -0.2) is 4.39 Å². The van der Waals surface area contributed by atoms with Gasteiger partial charge in [-0.05, 0) is 36.6 Å². The van der Waals surface area contributed by atoms with Crippen LogP contribution in [0.15, 0.2) is 18.2 Å². The molecule has 0 aromatic heterocycles. The lowest BCUT2D eigenvalue weighted by Crippen LogP contribution is -2.30. The van der Waals surface area contributed by atoms with E-state index in [1.165, 1.54) is 18.2 Å². The van der Waals surface area contributed by atoms with E-state index in [2.05, 4.69) is 5.32 Å². The summed E-state index contributed by atoms with van der Waals surface area (Å²) in [6.07, 6.45) is 1.50. The van der Waals surface area contributed by atoms with Crippen LogP contribution in [0.5, 0.6) is 5.75 Å². The molecule has 0 aliphatic heterocycles. The van der Waals surface area contributed by atoms with Gasteiger partial charge in [0.1, 0.15) is 11.6 Å². The quantitative estimate of drug-likeness (QED) is 0.711. The van der Waals surface area contributed by atoms with E-state index in [4.69, 9.17) is 15.7 Å². The molecule has 3 N–H and O–H groups in total. The Balaban J connectivity index is 2.61. The van der Waals surface area contributed by atoms with Crippen molar-refractivity contribution < 1.29 is 13.9 Å². The van der Waals surface area contributed by atoms with Crippen LogP contribution in [0.4, 0.5) is 4.39 Å². The second kappa shape index (κ2) is 8.93. The second-order valence-corrected chi connectivity index (χ2v) is 4.67. The van der Waals surface area contributed by atoms with Crippen LogP contribution in [0.25, 0.3) is 0 Å². The molecule has 21 heavy (non-hydrogen) atoms. The van der Waals surface area contributed by atoms with Crippen molar-refractivity contribution in [1.82, 2.24) is 5.32 Å². The first-order valence-electron chi connectivity index (χ1n) is 6.87. The SMILES string of the molecule is CCC(N)Cc1cc(F)ccc1OCC(=O)NCCC#N. The fraction of sp³-hybridized carbons (Fsp3) is 0.467. The summed E-state index contributed by atoms with van der Waals surface area (Å²) in [7, 11) is 0. The Morgan fingerprint density at radius 2 is 2.33 bits per heavy atom. The number of rotatable bonds is 8. The summed E-state index contributed by atoms with van der Waals surface area (Å²) in [4.78, 5) is 11.5. The van der Waals surface area contributed by atoms with Gasteiger partial charge in [0.15, 0.2) is 6.61 Å². The molecule has 0 aliphatic rings. The maximum absolute atomic E-state index is 13.3. The molecule has 114 valence electrons. The van der Waals surface area contributed by atoms with E-state index < -0.39 is 0 Å². The van der Waals surface area contributed by atoms with Crippen LogP contribution in [0.2, 0.25) is 0 Å². The monoisotopic (exact) mass is 293 g/mol. The molecular formula is C15H20FN3O2. The minimum Gasteiger partial charge on any atom is -0.483 e. The van der Waals surface area contributed by atoms with Crippen molar-refractivity contribution in [2.24, 2.45) is 5.73 Å². The minimum atomic E-state index is -0.362. The third kappa shape index (κ3) is 6.23. The maximum Gasteiger partial charge on any atom is 0.257 e. The molecule has 0 fully saturated rings. The van der Waals surface area contributed by atoms with Gasteiger partial charge in [-0.15, -0.1) is 0 Å². The average Bonchev–Trinajstić information content (AvgIpc) is 2.46. The lowest BCUT2D eigenvalue weighted by Gasteiger charge is -2.14. The second-order valence-electron chi connectivity index (χ2n) is 4.67. The Morgan fingerprint density at radius 3 is 3.00 bits per heavy atom. The van der Waals surface area contributed by atoms with Crippen LogP contribution >= 0.6 is 0 Å². The van der Waals surface area contributed by atoms with Crippen molar-refractivity contribution >= 4 is 5.91 Å². The van der Waals surface area contributed by atoms with Crippen molar-refractivity contribution in [2.75, 3.05) is 13.2 Å². The van der Waals surface area contributed by atoms with E-state index in [1.807, 2.05) is 13.0 Å².